The van der Waals surface area contributed by atoms with Crippen molar-refractivity contribution in [1.82, 2.24) is 4.90 Å². The fourth-order valence-electron chi connectivity index (χ4n) is 3.68. The van der Waals surface area contributed by atoms with Crippen LogP contribution in [0.3, 0.4) is 0 Å². The van der Waals surface area contributed by atoms with Crippen LogP contribution in [-0.2, 0) is 0 Å². The van der Waals surface area contributed by atoms with Crippen molar-refractivity contribution in [2.24, 2.45) is 17.8 Å². The lowest BCUT2D eigenvalue weighted by Crippen LogP contribution is -2.36. The number of hydrogen-bond donors (Lipinski definition) is 0. The summed E-state index contributed by atoms with van der Waals surface area (Å²) >= 11 is 0. The summed E-state index contributed by atoms with van der Waals surface area (Å²) in [7, 11) is 0. The van der Waals surface area contributed by atoms with E-state index in [1.54, 1.807) is 0 Å². The summed E-state index contributed by atoms with van der Waals surface area (Å²) in [5.74, 6) is 2.96. The van der Waals surface area contributed by atoms with Gasteiger partial charge in [0, 0.05) is 0 Å². The second-order valence-electron chi connectivity index (χ2n) is 6.72. The Morgan fingerprint density at radius 3 is 2.18 bits per heavy atom. The summed E-state index contributed by atoms with van der Waals surface area (Å²) in [5, 5.41) is 0. The van der Waals surface area contributed by atoms with E-state index in [1.807, 2.05) is 0 Å². The van der Waals surface area contributed by atoms with E-state index in [9.17, 15) is 0 Å². The third kappa shape index (κ3) is 4.28. The molecule has 1 saturated carbocycles. The molecule has 0 radical (unpaired) electrons. The highest BCUT2D eigenvalue weighted by molar-refractivity contribution is 4.75. The Kier molecular flexibility index (Phi) is 5.34. The van der Waals surface area contributed by atoms with Gasteiger partial charge in [-0.05, 0) is 56.7 Å². The molecule has 1 nitrogen and oxygen atoms in total. The Bertz CT molecular complexity index is 198. The normalized spacial score (nSPS) is 25.6. The van der Waals surface area contributed by atoms with Crippen LogP contribution in [0.15, 0.2) is 0 Å². The minimum atomic E-state index is 0.899. The highest BCUT2D eigenvalue weighted by Crippen LogP contribution is 2.28. The average Bonchev–Trinajstić information content (AvgIpc) is 2.38. The predicted octanol–water partition coefficient (Wildman–Crippen LogP) is 4.32. The molecule has 1 aliphatic carbocycles. The number of nitrogens with zero attached hydrogens (tertiary/aromatic N) is 1. The maximum atomic E-state index is 2.73. The Morgan fingerprint density at radius 2 is 1.59 bits per heavy atom. The van der Waals surface area contributed by atoms with E-state index < -0.39 is 0 Å². The van der Waals surface area contributed by atoms with Gasteiger partial charge >= 0.3 is 0 Å². The number of hydrogen-bond acceptors (Lipinski definition) is 1. The second-order valence-corrected chi connectivity index (χ2v) is 6.72. The lowest BCUT2D eigenvalue weighted by atomic mass is 9.85. The number of rotatable bonds is 4. The van der Waals surface area contributed by atoms with Gasteiger partial charge in [0.1, 0.15) is 0 Å². The third-order valence-corrected chi connectivity index (χ3v) is 5.15. The number of piperidine rings is 1. The van der Waals surface area contributed by atoms with Gasteiger partial charge in [-0.2, -0.15) is 0 Å². The first-order chi connectivity index (χ1) is 8.25. The molecule has 2 fully saturated rings. The summed E-state index contributed by atoms with van der Waals surface area (Å²) in [6, 6.07) is 0. The summed E-state index contributed by atoms with van der Waals surface area (Å²) in [6.45, 7) is 8.91. The molecule has 0 amide bonds. The summed E-state index contributed by atoms with van der Waals surface area (Å²) in [5.41, 5.74) is 0. The molecule has 1 saturated heterocycles. The van der Waals surface area contributed by atoms with E-state index in [4.69, 9.17) is 0 Å². The van der Waals surface area contributed by atoms with Gasteiger partial charge in [0.15, 0.2) is 0 Å². The second kappa shape index (κ2) is 6.78. The van der Waals surface area contributed by atoms with Gasteiger partial charge in [-0.3, -0.25) is 0 Å². The molecule has 2 aliphatic rings. The SMILES string of the molecule is CC(C)C1CCN(CCC2CCCCC2)CC1. The Balaban J connectivity index is 1.61. The fourth-order valence-corrected chi connectivity index (χ4v) is 3.68. The highest BCUT2D eigenvalue weighted by atomic mass is 15.1. The molecule has 0 spiro atoms. The zero-order chi connectivity index (χ0) is 12.1. The highest BCUT2D eigenvalue weighted by Gasteiger charge is 2.22. The van der Waals surface area contributed by atoms with E-state index in [0.29, 0.717) is 0 Å². The summed E-state index contributed by atoms with van der Waals surface area (Å²) in [6.07, 6.45) is 11.9. The van der Waals surface area contributed by atoms with Crippen LogP contribution < -0.4 is 0 Å². The van der Waals surface area contributed by atoms with Crippen LogP contribution in [0.1, 0.15) is 65.2 Å². The molecule has 0 aromatic heterocycles. The lowest BCUT2D eigenvalue weighted by Gasteiger charge is -2.35. The van der Waals surface area contributed by atoms with Gasteiger partial charge in [0.25, 0.3) is 0 Å². The van der Waals surface area contributed by atoms with Gasteiger partial charge in [0.05, 0.1) is 0 Å². The maximum Gasteiger partial charge on any atom is -0.00160 e. The van der Waals surface area contributed by atoms with E-state index in [2.05, 4.69) is 18.7 Å². The molecule has 0 aromatic carbocycles. The van der Waals surface area contributed by atoms with Crippen molar-refractivity contribution in [3.63, 3.8) is 0 Å². The largest absolute Gasteiger partial charge is 0.303 e. The van der Waals surface area contributed by atoms with Crippen LogP contribution in [0.25, 0.3) is 0 Å². The quantitative estimate of drug-likeness (QED) is 0.703. The van der Waals surface area contributed by atoms with Crippen molar-refractivity contribution >= 4 is 0 Å². The molecule has 1 heteroatoms. The van der Waals surface area contributed by atoms with Gasteiger partial charge < -0.3 is 4.90 Å². The monoisotopic (exact) mass is 237 g/mol. The predicted molar refractivity (Wildman–Crippen MR) is 75.2 cm³/mol. The average molecular weight is 237 g/mol. The Morgan fingerprint density at radius 1 is 0.941 bits per heavy atom. The molecule has 0 atom stereocenters. The molecule has 0 unspecified atom stereocenters. The molecule has 17 heavy (non-hydrogen) atoms. The van der Waals surface area contributed by atoms with Crippen LogP contribution in [0.4, 0.5) is 0 Å². The van der Waals surface area contributed by atoms with Crippen LogP contribution in [-0.4, -0.2) is 24.5 Å². The molecule has 100 valence electrons. The van der Waals surface area contributed by atoms with Crippen molar-refractivity contribution in [2.45, 2.75) is 65.2 Å². The molecule has 0 N–H and O–H groups in total. The zero-order valence-corrected chi connectivity index (χ0v) is 12.0. The van der Waals surface area contributed by atoms with Crippen molar-refractivity contribution in [2.75, 3.05) is 19.6 Å². The molecule has 1 aliphatic heterocycles. The standard InChI is InChI=1S/C16H31N/c1-14(2)16-9-12-17(13-10-16)11-8-15-6-4-3-5-7-15/h14-16H,3-13H2,1-2H3. The van der Waals surface area contributed by atoms with Crippen LogP contribution in [0.2, 0.25) is 0 Å². The summed E-state index contributed by atoms with van der Waals surface area (Å²) < 4.78 is 0. The Hall–Kier alpha value is -0.0400. The molecular formula is C16H31N. The molecule has 2 rings (SSSR count). The number of likely N-dealkylation sites (tertiary alicyclic amines) is 1. The molecule has 1 heterocycles. The maximum absolute atomic E-state index is 2.73. The van der Waals surface area contributed by atoms with Crippen molar-refractivity contribution < 1.29 is 0 Å². The van der Waals surface area contributed by atoms with Gasteiger partial charge in [0.2, 0.25) is 0 Å². The van der Waals surface area contributed by atoms with Gasteiger partial charge in [-0.1, -0.05) is 46.0 Å². The minimum absolute atomic E-state index is 0.899. The first kappa shape index (κ1) is 13.4. The summed E-state index contributed by atoms with van der Waals surface area (Å²) in [4.78, 5) is 2.73. The van der Waals surface area contributed by atoms with E-state index in [0.717, 1.165) is 17.8 Å². The molecule has 0 bridgehead atoms. The fraction of sp³-hybridized carbons (Fsp3) is 1.00. The first-order valence-electron chi connectivity index (χ1n) is 7.98. The van der Waals surface area contributed by atoms with E-state index in [1.165, 1.54) is 71.0 Å². The van der Waals surface area contributed by atoms with Gasteiger partial charge in [-0.15, -0.1) is 0 Å². The first-order valence-corrected chi connectivity index (χ1v) is 7.98. The molecular weight excluding hydrogens is 206 g/mol. The molecule has 0 aromatic rings. The van der Waals surface area contributed by atoms with Crippen LogP contribution in [0, 0.1) is 17.8 Å². The Labute approximate surface area is 108 Å². The smallest absolute Gasteiger partial charge is 0.00160 e. The van der Waals surface area contributed by atoms with E-state index in [-0.39, 0.29) is 0 Å². The van der Waals surface area contributed by atoms with Crippen molar-refractivity contribution in [3.8, 4) is 0 Å². The zero-order valence-electron chi connectivity index (χ0n) is 12.0. The van der Waals surface area contributed by atoms with Crippen molar-refractivity contribution in [1.29, 1.82) is 0 Å². The van der Waals surface area contributed by atoms with Crippen molar-refractivity contribution in [3.05, 3.63) is 0 Å². The van der Waals surface area contributed by atoms with Crippen LogP contribution in [0.5, 0.6) is 0 Å². The topological polar surface area (TPSA) is 3.24 Å². The van der Waals surface area contributed by atoms with Crippen LogP contribution >= 0.6 is 0 Å². The van der Waals surface area contributed by atoms with E-state index >= 15 is 0 Å². The minimum Gasteiger partial charge on any atom is -0.303 e. The lowest BCUT2D eigenvalue weighted by molar-refractivity contribution is 0.146. The third-order valence-electron chi connectivity index (χ3n) is 5.15. The van der Waals surface area contributed by atoms with Gasteiger partial charge in [-0.25, -0.2) is 0 Å².